The van der Waals surface area contributed by atoms with Crippen molar-refractivity contribution in [3.8, 4) is 0 Å². The van der Waals surface area contributed by atoms with E-state index in [1.165, 1.54) is 13.0 Å². The van der Waals surface area contributed by atoms with Crippen LogP contribution in [0.4, 0.5) is 21.9 Å². The SMILES string of the molecule is CC(=O)c1cc(F)c(N[C@@H]2CCCC[C@@H]2N)nc1Nc1cc(C)no1. The van der Waals surface area contributed by atoms with Crippen molar-refractivity contribution in [1.29, 1.82) is 0 Å². The zero-order valence-corrected chi connectivity index (χ0v) is 14.3. The first-order valence-electron chi connectivity index (χ1n) is 8.38. The molecule has 1 saturated carbocycles. The molecule has 2 atom stereocenters. The van der Waals surface area contributed by atoms with Gasteiger partial charge in [-0.25, -0.2) is 9.37 Å². The van der Waals surface area contributed by atoms with Crippen LogP contribution in [0.1, 0.15) is 48.7 Å². The van der Waals surface area contributed by atoms with Crippen LogP contribution < -0.4 is 16.4 Å². The van der Waals surface area contributed by atoms with Crippen molar-refractivity contribution in [3.63, 3.8) is 0 Å². The quantitative estimate of drug-likeness (QED) is 0.713. The summed E-state index contributed by atoms with van der Waals surface area (Å²) in [5, 5.41) is 9.75. The summed E-state index contributed by atoms with van der Waals surface area (Å²) in [5.74, 6) is -0.254. The Kier molecular flexibility index (Phi) is 4.98. The van der Waals surface area contributed by atoms with Crippen molar-refractivity contribution in [3.05, 3.63) is 29.2 Å². The van der Waals surface area contributed by atoms with Crippen LogP contribution in [0.5, 0.6) is 0 Å². The van der Waals surface area contributed by atoms with Gasteiger partial charge < -0.3 is 20.9 Å². The van der Waals surface area contributed by atoms with E-state index in [9.17, 15) is 9.18 Å². The maximum absolute atomic E-state index is 14.4. The van der Waals surface area contributed by atoms with Crippen molar-refractivity contribution in [2.45, 2.75) is 51.6 Å². The first kappa shape index (κ1) is 17.3. The molecular formula is C17H22FN5O2. The number of anilines is 3. The molecule has 134 valence electrons. The van der Waals surface area contributed by atoms with E-state index in [-0.39, 0.29) is 35.1 Å². The Bertz CT molecular complexity index is 776. The molecule has 1 aliphatic rings. The van der Waals surface area contributed by atoms with Crippen LogP contribution in [0, 0.1) is 12.7 Å². The topological polar surface area (TPSA) is 106 Å². The van der Waals surface area contributed by atoms with Crippen molar-refractivity contribution in [1.82, 2.24) is 10.1 Å². The molecular weight excluding hydrogens is 325 g/mol. The summed E-state index contributed by atoms with van der Waals surface area (Å²) in [5.41, 5.74) is 6.94. The van der Waals surface area contributed by atoms with Gasteiger partial charge in [-0.1, -0.05) is 18.0 Å². The zero-order valence-electron chi connectivity index (χ0n) is 14.3. The number of nitrogens with two attached hydrogens (primary N) is 1. The molecule has 0 spiro atoms. The normalized spacial score (nSPS) is 20.3. The Morgan fingerprint density at radius 2 is 2.08 bits per heavy atom. The van der Waals surface area contributed by atoms with Gasteiger partial charge in [0.05, 0.1) is 11.3 Å². The lowest BCUT2D eigenvalue weighted by Gasteiger charge is -2.30. The monoisotopic (exact) mass is 347 g/mol. The third-order valence-electron chi connectivity index (χ3n) is 4.37. The van der Waals surface area contributed by atoms with E-state index in [2.05, 4.69) is 20.8 Å². The maximum atomic E-state index is 14.4. The van der Waals surface area contributed by atoms with Gasteiger partial charge in [0.25, 0.3) is 0 Å². The molecule has 2 aromatic heterocycles. The van der Waals surface area contributed by atoms with E-state index in [4.69, 9.17) is 10.3 Å². The minimum atomic E-state index is -0.581. The van der Waals surface area contributed by atoms with Crippen LogP contribution >= 0.6 is 0 Å². The van der Waals surface area contributed by atoms with Gasteiger partial charge in [0.1, 0.15) is 5.82 Å². The summed E-state index contributed by atoms with van der Waals surface area (Å²) in [6.45, 7) is 3.13. The lowest BCUT2D eigenvalue weighted by Crippen LogP contribution is -2.43. The molecule has 0 saturated heterocycles. The second kappa shape index (κ2) is 7.18. The van der Waals surface area contributed by atoms with Gasteiger partial charge in [0.2, 0.25) is 5.88 Å². The van der Waals surface area contributed by atoms with Crippen LogP contribution in [0.25, 0.3) is 0 Å². The van der Waals surface area contributed by atoms with Gasteiger partial charge in [-0.15, -0.1) is 0 Å². The van der Waals surface area contributed by atoms with Crippen LogP contribution in [0.2, 0.25) is 0 Å². The second-order valence-corrected chi connectivity index (χ2v) is 6.43. The zero-order chi connectivity index (χ0) is 18.0. The molecule has 4 N–H and O–H groups in total. The summed E-state index contributed by atoms with van der Waals surface area (Å²) < 4.78 is 19.5. The summed E-state index contributed by atoms with van der Waals surface area (Å²) in [4.78, 5) is 16.1. The summed E-state index contributed by atoms with van der Waals surface area (Å²) in [7, 11) is 0. The Morgan fingerprint density at radius 1 is 1.32 bits per heavy atom. The van der Waals surface area contributed by atoms with Gasteiger partial charge >= 0.3 is 0 Å². The summed E-state index contributed by atoms with van der Waals surface area (Å²) >= 11 is 0. The predicted octanol–water partition coefficient (Wildman–Crippen LogP) is 3.15. The predicted molar refractivity (Wildman–Crippen MR) is 92.6 cm³/mol. The minimum Gasteiger partial charge on any atom is -0.363 e. The fraction of sp³-hybridized carbons (Fsp3) is 0.471. The maximum Gasteiger partial charge on any atom is 0.230 e. The molecule has 1 aliphatic carbocycles. The molecule has 0 radical (unpaired) electrons. The average molecular weight is 347 g/mol. The molecule has 0 unspecified atom stereocenters. The molecule has 8 heteroatoms. The van der Waals surface area contributed by atoms with Crippen molar-refractivity contribution >= 4 is 23.3 Å². The smallest absolute Gasteiger partial charge is 0.230 e. The molecule has 7 nitrogen and oxygen atoms in total. The molecule has 2 heterocycles. The molecule has 1 fully saturated rings. The van der Waals surface area contributed by atoms with E-state index in [0.717, 1.165) is 25.7 Å². The number of aromatic nitrogens is 2. The number of nitrogens with one attached hydrogen (secondary N) is 2. The lowest BCUT2D eigenvalue weighted by atomic mass is 9.91. The third kappa shape index (κ3) is 3.96. The molecule has 0 aromatic carbocycles. The van der Waals surface area contributed by atoms with Crippen molar-refractivity contribution in [2.24, 2.45) is 5.73 Å². The van der Waals surface area contributed by atoms with E-state index in [0.29, 0.717) is 11.6 Å². The van der Waals surface area contributed by atoms with Gasteiger partial charge in [-0.05, 0) is 32.8 Å². The highest BCUT2D eigenvalue weighted by Gasteiger charge is 2.24. The number of nitrogens with zero attached hydrogens (tertiary/aromatic N) is 2. The van der Waals surface area contributed by atoms with Gasteiger partial charge in [-0.3, -0.25) is 4.79 Å². The number of aryl methyl sites for hydroxylation is 1. The number of rotatable bonds is 5. The van der Waals surface area contributed by atoms with E-state index in [1.807, 2.05) is 0 Å². The van der Waals surface area contributed by atoms with E-state index in [1.54, 1.807) is 13.0 Å². The number of pyridine rings is 1. The Hall–Kier alpha value is -2.48. The number of hydrogen-bond acceptors (Lipinski definition) is 7. The number of halogens is 1. The fourth-order valence-electron chi connectivity index (χ4n) is 3.01. The summed E-state index contributed by atoms with van der Waals surface area (Å²) in [6, 6.07) is 2.76. The number of carbonyl (C=O) groups is 1. The Labute approximate surface area is 145 Å². The summed E-state index contributed by atoms with van der Waals surface area (Å²) in [6.07, 6.45) is 3.88. The standard InChI is InChI=1S/C17H22FN5O2/c1-9-7-15(25-23-9)21-16-11(10(2)24)8-12(18)17(22-16)20-14-6-4-3-5-13(14)19/h7-8,13-14H,3-6,19H2,1-2H3,(H2,20,21,22)/t13-,14+/m0/s1. The average Bonchev–Trinajstić information content (AvgIpc) is 2.97. The molecule has 2 aromatic rings. The van der Waals surface area contributed by atoms with E-state index < -0.39 is 5.82 Å². The number of ketones is 1. The van der Waals surface area contributed by atoms with Crippen molar-refractivity contribution in [2.75, 3.05) is 10.6 Å². The van der Waals surface area contributed by atoms with Crippen LogP contribution in [-0.2, 0) is 0 Å². The number of hydrogen-bond donors (Lipinski definition) is 3. The second-order valence-electron chi connectivity index (χ2n) is 6.43. The number of Topliss-reactive ketones (excluding diaryl/α,β-unsaturated/α-hetero) is 1. The van der Waals surface area contributed by atoms with Crippen molar-refractivity contribution < 1.29 is 13.7 Å². The van der Waals surface area contributed by atoms with Crippen LogP contribution in [-0.4, -0.2) is 28.0 Å². The Morgan fingerprint density at radius 3 is 2.72 bits per heavy atom. The molecule has 3 rings (SSSR count). The first-order chi connectivity index (χ1) is 11.9. The number of carbonyl (C=O) groups excluding carboxylic acids is 1. The highest BCUT2D eigenvalue weighted by molar-refractivity contribution is 5.99. The van der Waals surface area contributed by atoms with Gasteiger partial charge in [0, 0.05) is 18.2 Å². The largest absolute Gasteiger partial charge is 0.363 e. The molecule has 0 bridgehead atoms. The Balaban J connectivity index is 1.90. The van der Waals surface area contributed by atoms with Crippen LogP contribution in [0.3, 0.4) is 0 Å². The first-order valence-corrected chi connectivity index (χ1v) is 8.38. The highest BCUT2D eigenvalue weighted by atomic mass is 19.1. The minimum absolute atomic E-state index is 0.0423. The van der Waals surface area contributed by atoms with E-state index >= 15 is 0 Å². The highest BCUT2D eigenvalue weighted by Crippen LogP contribution is 2.27. The van der Waals surface area contributed by atoms with Crippen LogP contribution in [0.15, 0.2) is 16.7 Å². The molecule has 0 aliphatic heterocycles. The van der Waals surface area contributed by atoms with Gasteiger partial charge in [-0.2, -0.15) is 0 Å². The molecule has 25 heavy (non-hydrogen) atoms. The fourth-order valence-corrected chi connectivity index (χ4v) is 3.01. The van der Waals surface area contributed by atoms with Gasteiger partial charge in [0.15, 0.2) is 17.4 Å². The molecule has 0 amide bonds. The third-order valence-corrected chi connectivity index (χ3v) is 4.37. The lowest BCUT2D eigenvalue weighted by molar-refractivity contribution is 0.101.